The van der Waals surface area contributed by atoms with Crippen LogP contribution in [0.4, 0.5) is 9.18 Å². The van der Waals surface area contributed by atoms with Crippen molar-refractivity contribution in [1.29, 1.82) is 0 Å². The van der Waals surface area contributed by atoms with E-state index in [0.717, 1.165) is 38.9 Å². The van der Waals surface area contributed by atoms with E-state index in [2.05, 4.69) is 26.1 Å². The maximum Gasteiger partial charge on any atom is 0.407 e. The molecule has 5 nitrogen and oxygen atoms in total. The molecular formula is C20H30BrFN2O3. The minimum atomic E-state index is -0.465. The van der Waals surface area contributed by atoms with Gasteiger partial charge in [0.25, 0.3) is 0 Å². The second-order valence-electron chi connectivity index (χ2n) is 7.92. The highest BCUT2D eigenvalue weighted by molar-refractivity contribution is 9.10. The normalized spacial score (nSPS) is 16.2. The first-order valence-electron chi connectivity index (χ1n) is 9.50. The lowest BCUT2D eigenvalue weighted by molar-refractivity contribution is 0.0509. The minimum absolute atomic E-state index is 0.282. The molecule has 0 atom stereocenters. The Hall–Kier alpha value is -1.34. The van der Waals surface area contributed by atoms with Gasteiger partial charge < -0.3 is 19.7 Å². The van der Waals surface area contributed by atoms with E-state index in [1.165, 1.54) is 6.07 Å². The highest BCUT2D eigenvalue weighted by Crippen LogP contribution is 2.27. The third kappa shape index (κ3) is 8.05. The fourth-order valence-electron chi connectivity index (χ4n) is 3.04. The number of halogens is 2. The molecule has 1 saturated heterocycles. The number of carbonyl (C=O) groups is 1. The Bertz CT molecular complexity index is 593. The van der Waals surface area contributed by atoms with E-state index in [0.29, 0.717) is 23.5 Å². The molecule has 1 aliphatic rings. The molecule has 1 N–H and O–H groups in total. The first-order valence-corrected chi connectivity index (χ1v) is 10.3. The molecule has 0 aromatic heterocycles. The Morgan fingerprint density at radius 3 is 2.67 bits per heavy atom. The number of benzene rings is 1. The van der Waals surface area contributed by atoms with Crippen molar-refractivity contribution in [3.63, 3.8) is 0 Å². The van der Waals surface area contributed by atoms with Crippen molar-refractivity contribution in [1.82, 2.24) is 10.2 Å². The van der Waals surface area contributed by atoms with Crippen LogP contribution in [0.5, 0.6) is 5.75 Å². The zero-order chi connectivity index (χ0) is 19.9. The number of ether oxygens (including phenoxy) is 2. The predicted octanol–water partition coefficient (Wildman–Crippen LogP) is 4.59. The lowest BCUT2D eigenvalue weighted by atomic mass is 9.97. The van der Waals surface area contributed by atoms with Gasteiger partial charge in [-0.15, -0.1) is 0 Å². The molecule has 0 radical (unpaired) electrons. The van der Waals surface area contributed by atoms with Gasteiger partial charge in [-0.1, -0.05) is 6.07 Å². The molecule has 0 spiro atoms. The quantitative estimate of drug-likeness (QED) is 0.624. The smallest absolute Gasteiger partial charge is 0.407 e. The topological polar surface area (TPSA) is 50.8 Å². The number of hydrogen-bond acceptors (Lipinski definition) is 4. The molecule has 1 heterocycles. The monoisotopic (exact) mass is 444 g/mol. The Morgan fingerprint density at radius 2 is 2.04 bits per heavy atom. The van der Waals surface area contributed by atoms with Gasteiger partial charge in [-0.2, -0.15) is 0 Å². The van der Waals surface area contributed by atoms with Crippen molar-refractivity contribution in [2.45, 2.75) is 45.6 Å². The van der Waals surface area contributed by atoms with E-state index in [1.807, 2.05) is 20.8 Å². The summed E-state index contributed by atoms with van der Waals surface area (Å²) in [7, 11) is 0. The molecule has 1 aliphatic heterocycles. The zero-order valence-corrected chi connectivity index (χ0v) is 18.0. The van der Waals surface area contributed by atoms with E-state index < -0.39 is 5.60 Å². The summed E-state index contributed by atoms with van der Waals surface area (Å²) in [6, 6.07) is 4.82. The largest absolute Gasteiger partial charge is 0.489 e. The Labute approximate surface area is 169 Å². The van der Waals surface area contributed by atoms with E-state index >= 15 is 0 Å². The molecular weight excluding hydrogens is 415 g/mol. The molecule has 0 saturated carbocycles. The maximum atomic E-state index is 13.7. The number of alkyl carbamates (subject to hydrolysis) is 1. The van der Waals surface area contributed by atoms with E-state index in [-0.39, 0.29) is 17.7 Å². The summed E-state index contributed by atoms with van der Waals surface area (Å²) in [6.45, 7) is 9.66. The van der Waals surface area contributed by atoms with Crippen molar-refractivity contribution in [3.8, 4) is 5.75 Å². The van der Waals surface area contributed by atoms with Crippen LogP contribution in [0.3, 0.4) is 0 Å². The van der Waals surface area contributed by atoms with E-state index in [9.17, 15) is 9.18 Å². The SMILES string of the molecule is CC(C)(C)OC(=O)NCC1CCN(CCCOc2c(F)cccc2Br)CC1. The van der Waals surface area contributed by atoms with Gasteiger partial charge in [0.1, 0.15) is 5.60 Å². The van der Waals surface area contributed by atoms with Gasteiger partial charge in [-0.25, -0.2) is 9.18 Å². The summed E-state index contributed by atoms with van der Waals surface area (Å²) in [5.41, 5.74) is -0.465. The first kappa shape index (κ1) is 22.0. The number of carbonyl (C=O) groups excluding carboxylic acids is 1. The standard InChI is InChI=1S/C20H30BrFN2O3/c1-20(2,3)27-19(25)23-14-15-8-11-24(12-9-15)10-5-13-26-18-16(21)6-4-7-17(18)22/h4,6-7,15H,5,8-14H2,1-3H3,(H,23,25). The molecule has 2 rings (SSSR count). The molecule has 0 bridgehead atoms. The third-order valence-corrected chi connectivity index (χ3v) is 5.05. The number of para-hydroxylation sites is 1. The number of likely N-dealkylation sites (tertiary alicyclic amines) is 1. The maximum absolute atomic E-state index is 13.7. The summed E-state index contributed by atoms with van der Waals surface area (Å²) in [5, 5.41) is 2.87. The summed E-state index contributed by atoms with van der Waals surface area (Å²) in [5.74, 6) is 0.423. The van der Waals surface area contributed by atoms with E-state index in [1.54, 1.807) is 12.1 Å². The lowest BCUT2D eigenvalue weighted by Crippen LogP contribution is -2.40. The van der Waals surface area contributed by atoms with Crippen LogP contribution in [0.2, 0.25) is 0 Å². The predicted molar refractivity (Wildman–Crippen MR) is 108 cm³/mol. The molecule has 7 heteroatoms. The molecule has 1 aromatic carbocycles. The highest BCUT2D eigenvalue weighted by Gasteiger charge is 2.21. The van der Waals surface area contributed by atoms with Gasteiger partial charge in [0.05, 0.1) is 11.1 Å². The zero-order valence-electron chi connectivity index (χ0n) is 16.4. The van der Waals surface area contributed by atoms with Crippen LogP contribution in [0.15, 0.2) is 22.7 Å². The average Bonchev–Trinajstić information content (AvgIpc) is 2.58. The summed E-state index contributed by atoms with van der Waals surface area (Å²) in [4.78, 5) is 14.1. The van der Waals surface area contributed by atoms with Crippen molar-refractivity contribution >= 4 is 22.0 Å². The summed E-state index contributed by atoms with van der Waals surface area (Å²) in [6.07, 6.45) is 2.61. The van der Waals surface area contributed by atoms with Crippen molar-refractivity contribution in [3.05, 3.63) is 28.5 Å². The van der Waals surface area contributed by atoms with Gasteiger partial charge in [-0.05, 0) is 87.1 Å². The van der Waals surface area contributed by atoms with Crippen LogP contribution >= 0.6 is 15.9 Å². The summed E-state index contributed by atoms with van der Waals surface area (Å²) >= 11 is 3.31. The fourth-order valence-corrected chi connectivity index (χ4v) is 3.50. The van der Waals surface area contributed by atoms with Crippen molar-refractivity contribution in [2.24, 2.45) is 5.92 Å². The Kier molecular flexibility index (Phi) is 8.35. The fraction of sp³-hybridized carbons (Fsp3) is 0.650. The first-order chi connectivity index (χ1) is 12.7. The van der Waals surface area contributed by atoms with Crippen LogP contribution < -0.4 is 10.1 Å². The number of rotatable bonds is 7. The van der Waals surface area contributed by atoms with Crippen molar-refractivity contribution < 1.29 is 18.7 Å². The number of hydrogen-bond donors (Lipinski definition) is 1. The minimum Gasteiger partial charge on any atom is -0.489 e. The van der Waals surface area contributed by atoms with Gasteiger partial charge in [0, 0.05) is 13.1 Å². The molecule has 0 aliphatic carbocycles. The number of nitrogens with zero attached hydrogens (tertiary/aromatic N) is 1. The molecule has 1 aromatic rings. The number of nitrogens with one attached hydrogen (secondary N) is 1. The molecule has 27 heavy (non-hydrogen) atoms. The molecule has 152 valence electrons. The van der Waals surface area contributed by atoms with Gasteiger partial charge in [0.15, 0.2) is 11.6 Å². The third-order valence-electron chi connectivity index (χ3n) is 4.43. The van der Waals surface area contributed by atoms with Crippen LogP contribution in [0.25, 0.3) is 0 Å². The molecule has 0 unspecified atom stereocenters. The summed E-state index contributed by atoms with van der Waals surface area (Å²) < 4.78 is 25.2. The van der Waals surface area contributed by atoms with Gasteiger partial charge in [-0.3, -0.25) is 0 Å². The molecule has 1 fully saturated rings. The van der Waals surface area contributed by atoms with Crippen LogP contribution in [0.1, 0.15) is 40.0 Å². The number of amides is 1. The van der Waals surface area contributed by atoms with Gasteiger partial charge in [0.2, 0.25) is 0 Å². The van der Waals surface area contributed by atoms with Crippen LogP contribution in [-0.4, -0.2) is 49.4 Å². The van der Waals surface area contributed by atoms with Crippen LogP contribution in [0, 0.1) is 11.7 Å². The lowest BCUT2D eigenvalue weighted by Gasteiger charge is -2.32. The van der Waals surface area contributed by atoms with Crippen molar-refractivity contribution in [2.75, 3.05) is 32.8 Å². The van der Waals surface area contributed by atoms with E-state index in [4.69, 9.17) is 9.47 Å². The van der Waals surface area contributed by atoms with Gasteiger partial charge >= 0.3 is 6.09 Å². The second kappa shape index (κ2) is 10.3. The Morgan fingerprint density at radius 1 is 1.33 bits per heavy atom. The second-order valence-corrected chi connectivity index (χ2v) is 8.77. The average molecular weight is 445 g/mol. The van der Waals surface area contributed by atoms with Crippen LogP contribution in [-0.2, 0) is 4.74 Å². The number of piperidine rings is 1. The molecule has 1 amide bonds. The highest BCUT2D eigenvalue weighted by atomic mass is 79.9. The Balaban J connectivity index is 1.59.